The van der Waals surface area contributed by atoms with Crippen LogP contribution in [0.4, 0.5) is 0 Å². The molecule has 0 spiro atoms. The molecule has 0 atom stereocenters. The van der Waals surface area contributed by atoms with Gasteiger partial charge in [0.15, 0.2) is 5.78 Å². The Balaban J connectivity index is 2.05. The molecule has 0 amide bonds. The van der Waals surface area contributed by atoms with Crippen LogP contribution in [-0.2, 0) is 11.8 Å². The van der Waals surface area contributed by atoms with Gasteiger partial charge in [-0.05, 0) is 32.3 Å². The standard InChI is InChI=1S/C16H17NOS/c1-16(2,11-7-4-3-5-8-11)15-17-14-12(18)9-6-10-13(14)19-15/h3-5,7-8H,6,9-10H2,1-2H3. The van der Waals surface area contributed by atoms with Gasteiger partial charge in [-0.2, -0.15) is 0 Å². The van der Waals surface area contributed by atoms with Crippen molar-refractivity contribution in [2.75, 3.05) is 0 Å². The van der Waals surface area contributed by atoms with E-state index in [2.05, 4.69) is 43.1 Å². The van der Waals surface area contributed by atoms with Crippen LogP contribution in [0, 0.1) is 0 Å². The molecule has 0 saturated heterocycles. The molecular weight excluding hydrogens is 254 g/mol. The molecule has 2 nitrogen and oxygen atoms in total. The lowest BCUT2D eigenvalue weighted by molar-refractivity contribution is 0.0968. The number of ketones is 1. The first-order chi connectivity index (χ1) is 9.09. The van der Waals surface area contributed by atoms with Crippen molar-refractivity contribution >= 4 is 17.1 Å². The molecule has 3 rings (SSSR count). The molecule has 0 saturated carbocycles. The van der Waals surface area contributed by atoms with Crippen molar-refractivity contribution in [1.82, 2.24) is 4.98 Å². The Hall–Kier alpha value is -1.48. The number of carbonyl (C=O) groups excluding carboxylic acids is 1. The first kappa shape index (κ1) is 12.5. The summed E-state index contributed by atoms with van der Waals surface area (Å²) in [7, 11) is 0. The van der Waals surface area contributed by atoms with Crippen LogP contribution in [0.2, 0.25) is 0 Å². The van der Waals surface area contributed by atoms with E-state index in [1.807, 2.05) is 6.07 Å². The Labute approximate surface area is 117 Å². The van der Waals surface area contributed by atoms with Crippen molar-refractivity contribution in [1.29, 1.82) is 0 Å². The third-order valence-corrected chi connectivity index (χ3v) is 5.24. The fourth-order valence-corrected chi connectivity index (χ4v) is 3.76. The van der Waals surface area contributed by atoms with Crippen molar-refractivity contribution in [3.63, 3.8) is 0 Å². The van der Waals surface area contributed by atoms with Crippen LogP contribution >= 0.6 is 11.3 Å². The zero-order valence-corrected chi connectivity index (χ0v) is 12.1. The fraction of sp³-hybridized carbons (Fsp3) is 0.375. The Kier molecular flexibility index (Phi) is 3.02. The Bertz CT molecular complexity index is 613. The lowest BCUT2D eigenvalue weighted by Gasteiger charge is -2.22. The highest BCUT2D eigenvalue weighted by atomic mass is 32.1. The number of hydrogen-bond donors (Lipinski definition) is 0. The summed E-state index contributed by atoms with van der Waals surface area (Å²) in [6.45, 7) is 4.36. The number of thiazole rings is 1. The average molecular weight is 271 g/mol. The van der Waals surface area contributed by atoms with Gasteiger partial charge in [-0.15, -0.1) is 11.3 Å². The van der Waals surface area contributed by atoms with Crippen LogP contribution in [0.1, 0.15) is 52.6 Å². The normalized spacial score (nSPS) is 15.4. The molecule has 2 aromatic rings. The molecule has 0 N–H and O–H groups in total. The summed E-state index contributed by atoms with van der Waals surface area (Å²) >= 11 is 1.71. The van der Waals surface area contributed by atoms with E-state index in [0.29, 0.717) is 6.42 Å². The van der Waals surface area contributed by atoms with Gasteiger partial charge >= 0.3 is 0 Å². The van der Waals surface area contributed by atoms with Gasteiger partial charge in [-0.1, -0.05) is 30.3 Å². The Morgan fingerprint density at radius 1 is 1.16 bits per heavy atom. The largest absolute Gasteiger partial charge is 0.292 e. The minimum absolute atomic E-state index is 0.135. The molecule has 0 aliphatic heterocycles. The number of aromatic nitrogens is 1. The van der Waals surface area contributed by atoms with E-state index < -0.39 is 0 Å². The second kappa shape index (κ2) is 4.57. The molecule has 0 unspecified atom stereocenters. The zero-order valence-electron chi connectivity index (χ0n) is 11.3. The van der Waals surface area contributed by atoms with E-state index in [9.17, 15) is 4.79 Å². The van der Waals surface area contributed by atoms with Crippen molar-refractivity contribution < 1.29 is 4.79 Å². The summed E-state index contributed by atoms with van der Waals surface area (Å²) in [5, 5.41) is 1.05. The van der Waals surface area contributed by atoms with Crippen LogP contribution in [0.5, 0.6) is 0 Å². The highest BCUT2D eigenvalue weighted by molar-refractivity contribution is 7.12. The third kappa shape index (κ3) is 2.12. The Morgan fingerprint density at radius 3 is 2.58 bits per heavy atom. The van der Waals surface area contributed by atoms with E-state index in [1.54, 1.807) is 11.3 Å². The SMILES string of the molecule is CC(C)(c1ccccc1)c1nc2c(s1)CCCC2=O. The summed E-state index contributed by atoms with van der Waals surface area (Å²) in [6, 6.07) is 10.4. The van der Waals surface area contributed by atoms with Gasteiger partial charge in [0.25, 0.3) is 0 Å². The van der Waals surface area contributed by atoms with Crippen LogP contribution in [0.15, 0.2) is 30.3 Å². The lowest BCUT2D eigenvalue weighted by Crippen LogP contribution is -2.19. The molecule has 19 heavy (non-hydrogen) atoms. The van der Waals surface area contributed by atoms with E-state index in [1.165, 1.54) is 10.4 Å². The van der Waals surface area contributed by atoms with Crippen molar-refractivity contribution in [2.45, 2.75) is 38.5 Å². The average Bonchev–Trinajstić information content (AvgIpc) is 2.86. The van der Waals surface area contributed by atoms with Gasteiger partial charge in [0.1, 0.15) is 10.7 Å². The second-order valence-corrected chi connectivity index (χ2v) is 6.64. The van der Waals surface area contributed by atoms with E-state index in [0.717, 1.165) is 23.5 Å². The van der Waals surface area contributed by atoms with E-state index in [4.69, 9.17) is 0 Å². The topological polar surface area (TPSA) is 30.0 Å². The van der Waals surface area contributed by atoms with E-state index in [-0.39, 0.29) is 11.2 Å². The summed E-state index contributed by atoms with van der Waals surface area (Å²) in [6.07, 6.45) is 2.63. The molecule has 1 aliphatic carbocycles. The quantitative estimate of drug-likeness (QED) is 0.826. The number of fused-ring (bicyclic) bond motifs is 1. The minimum Gasteiger partial charge on any atom is -0.292 e. The first-order valence-electron chi connectivity index (χ1n) is 6.68. The highest BCUT2D eigenvalue weighted by Gasteiger charge is 2.30. The Morgan fingerprint density at radius 2 is 1.89 bits per heavy atom. The highest BCUT2D eigenvalue weighted by Crippen LogP contribution is 2.37. The van der Waals surface area contributed by atoms with Crippen LogP contribution in [-0.4, -0.2) is 10.8 Å². The second-order valence-electron chi connectivity index (χ2n) is 5.56. The molecule has 98 valence electrons. The molecule has 0 radical (unpaired) electrons. The van der Waals surface area contributed by atoms with Crippen LogP contribution < -0.4 is 0 Å². The molecule has 1 heterocycles. The molecule has 0 fully saturated rings. The molecule has 3 heteroatoms. The summed E-state index contributed by atoms with van der Waals surface area (Å²) < 4.78 is 0. The summed E-state index contributed by atoms with van der Waals surface area (Å²) in [5.74, 6) is 0.215. The van der Waals surface area contributed by atoms with Crippen molar-refractivity contribution in [3.05, 3.63) is 51.5 Å². The predicted molar refractivity (Wildman–Crippen MR) is 78.0 cm³/mol. The lowest BCUT2D eigenvalue weighted by atomic mass is 9.85. The number of hydrogen-bond acceptors (Lipinski definition) is 3. The zero-order chi connectivity index (χ0) is 13.5. The number of Topliss-reactive ketones (excluding diaryl/α,β-unsaturated/α-hetero) is 1. The van der Waals surface area contributed by atoms with E-state index >= 15 is 0 Å². The maximum Gasteiger partial charge on any atom is 0.182 e. The van der Waals surface area contributed by atoms with Crippen LogP contribution in [0.3, 0.4) is 0 Å². The van der Waals surface area contributed by atoms with Crippen LogP contribution in [0.25, 0.3) is 0 Å². The molecule has 1 aromatic carbocycles. The van der Waals surface area contributed by atoms with Gasteiger partial charge in [0, 0.05) is 16.7 Å². The number of aryl methyl sites for hydroxylation is 1. The third-order valence-electron chi connectivity index (χ3n) is 3.80. The number of nitrogens with zero attached hydrogens (tertiary/aromatic N) is 1. The summed E-state index contributed by atoms with van der Waals surface area (Å²) in [5.41, 5.74) is 1.84. The predicted octanol–water partition coefficient (Wildman–Crippen LogP) is 3.99. The maximum absolute atomic E-state index is 11.9. The molecule has 1 aromatic heterocycles. The van der Waals surface area contributed by atoms with Gasteiger partial charge in [0.05, 0.1) is 0 Å². The van der Waals surface area contributed by atoms with Gasteiger partial charge in [-0.3, -0.25) is 4.79 Å². The fourth-order valence-electron chi connectivity index (χ4n) is 2.51. The molecular formula is C16H17NOS. The number of benzene rings is 1. The summed E-state index contributed by atoms with van der Waals surface area (Å²) in [4.78, 5) is 17.7. The van der Waals surface area contributed by atoms with Gasteiger partial charge in [-0.25, -0.2) is 4.98 Å². The van der Waals surface area contributed by atoms with Crippen molar-refractivity contribution in [2.24, 2.45) is 0 Å². The molecule has 0 bridgehead atoms. The first-order valence-corrected chi connectivity index (χ1v) is 7.49. The smallest absolute Gasteiger partial charge is 0.182 e. The van der Waals surface area contributed by atoms with Gasteiger partial charge in [0.2, 0.25) is 0 Å². The number of rotatable bonds is 2. The maximum atomic E-state index is 11.9. The monoisotopic (exact) mass is 271 g/mol. The van der Waals surface area contributed by atoms with Gasteiger partial charge < -0.3 is 0 Å². The minimum atomic E-state index is -0.135. The van der Waals surface area contributed by atoms with Crippen molar-refractivity contribution in [3.8, 4) is 0 Å². The number of carbonyl (C=O) groups is 1. The molecule has 1 aliphatic rings.